The van der Waals surface area contributed by atoms with Gasteiger partial charge in [-0.05, 0) is 13.1 Å². The molecule has 0 amide bonds. The van der Waals surface area contributed by atoms with Gasteiger partial charge in [-0.15, -0.1) is 0 Å². The lowest BCUT2D eigenvalue weighted by Gasteiger charge is -2.14. The molecule has 0 aliphatic heterocycles. The fraction of sp³-hybridized carbons (Fsp3) is 0.444. The van der Waals surface area contributed by atoms with Crippen molar-refractivity contribution >= 4 is 17.3 Å². The number of rotatable bonds is 3. The molecule has 1 aromatic rings. The first-order valence-corrected chi connectivity index (χ1v) is 4.49. The van der Waals surface area contributed by atoms with E-state index in [0.29, 0.717) is 5.02 Å². The maximum atomic E-state index is 5.97. The van der Waals surface area contributed by atoms with Crippen molar-refractivity contribution in [2.45, 2.75) is 6.54 Å². The predicted molar refractivity (Wildman–Crippen MR) is 56.3 cm³/mol. The van der Waals surface area contributed by atoms with Crippen LogP contribution in [0.4, 0.5) is 5.69 Å². The molecular formula is C9H14ClN3. The van der Waals surface area contributed by atoms with Gasteiger partial charge < -0.3 is 10.2 Å². The average molecular weight is 200 g/mol. The molecule has 4 heteroatoms. The van der Waals surface area contributed by atoms with Crippen molar-refractivity contribution in [3.8, 4) is 0 Å². The summed E-state index contributed by atoms with van der Waals surface area (Å²) in [5.74, 6) is 0. The lowest BCUT2D eigenvalue weighted by atomic mass is 10.3. The van der Waals surface area contributed by atoms with Gasteiger partial charge in [0.25, 0.3) is 0 Å². The molecule has 0 radical (unpaired) electrons. The summed E-state index contributed by atoms with van der Waals surface area (Å²) in [5, 5.41) is 3.73. The number of nitrogens with one attached hydrogen (secondary N) is 1. The summed E-state index contributed by atoms with van der Waals surface area (Å²) in [6.07, 6.45) is 1.68. The van der Waals surface area contributed by atoms with Crippen LogP contribution in [0, 0.1) is 0 Å². The highest BCUT2D eigenvalue weighted by Crippen LogP contribution is 2.23. The van der Waals surface area contributed by atoms with Crippen molar-refractivity contribution in [2.24, 2.45) is 0 Å². The largest absolute Gasteiger partial charge is 0.376 e. The second-order valence-electron chi connectivity index (χ2n) is 3.05. The van der Waals surface area contributed by atoms with Gasteiger partial charge in [0.15, 0.2) is 0 Å². The molecule has 72 valence electrons. The van der Waals surface area contributed by atoms with E-state index in [1.807, 2.05) is 32.1 Å². The van der Waals surface area contributed by atoms with Gasteiger partial charge in [-0.3, -0.25) is 4.98 Å². The molecule has 1 aromatic heterocycles. The highest BCUT2D eigenvalue weighted by Gasteiger charge is 2.04. The van der Waals surface area contributed by atoms with E-state index >= 15 is 0 Å². The Labute approximate surface area is 83.7 Å². The van der Waals surface area contributed by atoms with Crippen molar-refractivity contribution in [2.75, 3.05) is 26.0 Å². The summed E-state index contributed by atoms with van der Waals surface area (Å²) < 4.78 is 0. The van der Waals surface area contributed by atoms with E-state index in [-0.39, 0.29) is 0 Å². The second-order valence-corrected chi connectivity index (χ2v) is 3.46. The maximum absolute atomic E-state index is 5.97. The Balaban J connectivity index is 2.97. The molecule has 13 heavy (non-hydrogen) atoms. The number of anilines is 1. The predicted octanol–water partition coefficient (Wildman–Crippen LogP) is 1.52. The van der Waals surface area contributed by atoms with Gasteiger partial charge in [0, 0.05) is 26.8 Å². The standard InChI is InChI=1S/C9H14ClN3/c1-11-5-7-4-9(13(2)3)8(10)6-12-7/h4,6,11H,5H2,1-3H3. The van der Waals surface area contributed by atoms with E-state index in [9.17, 15) is 0 Å². The Bertz CT molecular complexity index is 286. The van der Waals surface area contributed by atoms with Gasteiger partial charge >= 0.3 is 0 Å². The fourth-order valence-corrected chi connectivity index (χ4v) is 1.36. The number of halogens is 1. The van der Waals surface area contributed by atoms with E-state index in [0.717, 1.165) is 17.9 Å². The average Bonchev–Trinajstić information content (AvgIpc) is 2.08. The smallest absolute Gasteiger partial charge is 0.0822 e. The van der Waals surface area contributed by atoms with E-state index in [1.165, 1.54) is 0 Å². The van der Waals surface area contributed by atoms with Gasteiger partial charge in [-0.2, -0.15) is 0 Å². The fourth-order valence-electron chi connectivity index (χ4n) is 1.09. The van der Waals surface area contributed by atoms with Gasteiger partial charge in [-0.1, -0.05) is 11.6 Å². The summed E-state index contributed by atoms with van der Waals surface area (Å²) in [4.78, 5) is 6.17. The summed E-state index contributed by atoms with van der Waals surface area (Å²) in [6, 6.07) is 1.98. The van der Waals surface area contributed by atoms with Gasteiger partial charge in [0.05, 0.1) is 16.4 Å². The van der Waals surface area contributed by atoms with E-state index in [2.05, 4.69) is 10.3 Å². The number of pyridine rings is 1. The SMILES string of the molecule is CNCc1cc(N(C)C)c(Cl)cn1. The Morgan fingerprint density at radius 3 is 2.77 bits per heavy atom. The molecule has 0 fully saturated rings. The van der Waals surface area contributed by atoms with Crippen LogP contribution in [0.15, 0.2) is 12.3 Å². The van der Waals surface area contributed by atoms with E-state index in [4.69, 9.17) is 11.6 Å². The normalized spacial score (nSPS) is 10.2. The van der Waals surface area contributed by atoms with Crippen molar-refractivity contribution in [3.05, 3.63) is 23.0 Å². The van der Waals surface area contributed by atoms with Crippen molar-refractivity contribution in [3.63, 3.8) is 0 Å². The summed E-state index contributed by atoms with van der Waals surface area (Å²) in [6.45, 7) is 0.762. The Hall–Kier alpha value is -0.800. The van der Waals surface area contributed by atoms with Crippen LogP contribution in [0.25, 0.3) is 0 Å². The quantitative estimate of drug-likeness (QED) is 0.800. The molecule has 1 rings (SSSR count). The molecule has 0 aromatic carbocycles. The van der Waals surface area contributed by atoms with Crippen molar-refractivity contribution in [1.29, 1.82) is 0 Å². The van der Waals surface area contributed by atoms with Gasteiger partial charge in [0.2, 0.25) is 0 Å². The first-order valence-electron chi connectivity index (χ1n) is 4.11. The number of nitrogens with zero attached hydrogens (tertiary/aromatic N) is 2. The molecule has 3 nitrogen and oxygen atoms in total. The molecule has 1 heterocycles. The van der Waals surface area contributed by atoms with Crippen LogP contribution in [-0.2, 0) is 6.54 Å². The molecule has 0 atom stereocenters. The van der Waals surface area contributed by atoms with Crippen LogP contribution in [0.3, 0.4) is 0 Å². The molecule has 0 saturated carbocycles. The third-order valence-electron chi connectivity index (χ3n) is 1.73. The van der Waals surface area contributed by atoms with E-state index in [1.54, 1.807) is 6.20 Å². The minimum absolute atomic E-state index is 0.685. The molecule has 0 bridgehead atoms. The van der Waals surface area contributed by atoms with E-state index < -0.39 is 0 Å². The summed E-state index contributed by atoms with van der Waals surface area (Å²) in [7, 11) is 5.82. The Morgan fingerprint density at radius 1 is 1.54 bits per heavy atom. The third kappa shape index (κ3) is 2.57. The lowest BCUT2D eigenvalue weighted by molar-refractivity contribution is 0.790. The molecule has 0 aliphatic rings. The minimum atomic E-state index is 0.685. The Kier molecular flexibility index (Phi) is 3.51. The van der Waals surface area contributed by atoms with Crippen molar-refractivity contribution < 1.29 is 0 Å². The van der Waals surface area contributed by atoms with Crippen LogP contribution in [0.5, 0.6) is 0 Å². The molecule has 0 saturated heterocycles. The molecule has 0 aliphatic carbocycles. The summed E-state index contributed by atoms with van der Waals surface area (Å²) >= 11 is 5.97. The van der Waals surface area contributed by atoms with Crippen LogP contribution in [0.1, 0.15) is 5.69 Å². The Morgan fingerprint density at radius 2 is 2.23 bits per heavy atom. The van der Waals surface area contributed by atoms with Gasteiger partial charge in [-0.25, -0.2) is 0 Å². The van der Waals surface area contributed by atoms with Crippen LogP contribution in [0.2, 0.25) is 5.02 Å². The number of hydrogen-bond donors (Lipinski definition) is 1. The third-order valence-corrected chi connectivity index (χ3v) is 2.02. The monoisotopic (exact) mass is 199 g/mol. The van der Waals surface area contributed by atoms with Crippen LogP contribution in [-0.4, -0.2) is 26.1 Å². The maximum Gasteiger partial charge on any atom is 0.0822 e. The topological polar surface area (TPSA) is 28.2 Å². The highest BCUT2D eigenvalue weighted by atomic mass is 35.5. The minimum Gasteiger partial charge on any atom is -0.376 e. The highest BCUT2D eigenvalue weighted by molar-refractivity contribution is 6.33. The first kappa shape index (κ1) is 10.3. The van der Waals surface area contributed by atoms with Crippen LogP contribution < -0.4 is 10.2 Å². The molecule has 1 N–H and O–H groups in total. The molecule has 0 spiro atoms. The first-order chi connectivity index (χ1) is 6.15. The van der Waals surface area contributed by atoms with Gasteiger partial charge in [0.1, 0.15) is 0 Å². The van der Waals surface area contributed by atoms with Crippen LogP contribution >= 0.6 is 11.6 Å². The lowest BCUT2D eigenvalue weighted by Crippen LogP contribution is -2.12. The summed E-state index contributed by atoms with van der Waals surface area (Å²) in [5.41, 5.74) is 2.00. The van der Waals surface area contributed by atoms with Crippen molar-refractivity contribution in [1.82, 2.24) is 10.3 Å². The zero-order valence-corrected chi connectivity index (χ0v) is 8.89. The molecular weight excluding hydrogens is 186 g/mol. The number of hydrogen-bond acceptors (Lipinski definition) is 3. The zero-order chi connectivity index (χ0) is 9.84. The second kappa shape index (κ2) is 4.44. The molecule has 0 unspecified atom stereocenters. The number of aromatic nitrogens is 1. The zero-order valence-electron chi connectivity index (χ0n) is 8.13.